The Balaban J connectivity index is 2.39. The van der Waals surface area contributed by atoms with Crippen LogP contribution in [0.2, 0.25) is 0 Å². The van der Waals surface area contributed by atoms with Crippen molar-refractivity contribution in [3.63, 3.8) is 0 Å². The number of methoxy groups -OCH3 is 1. The maximum Gasteiger partial charge on any atom is 0.247 e. The highest BCUT2D eigenvalue weighted by Gasteiger charge is 2.34. The van der Waals surface area contributed by atoms with E-state index in [9.17, 15) is 8.42 Å². The summed E-state index contributed by atoms with van der Waals surface area (Å²) in [5, 5.41) is 3.21. The molecule has 0 aliphatic carbocycles. The zero-order valence-corrected chi connectivity index (χ0v) is 13.7. The fraction of sp³-hybridized carbons (Fsp3) is 0.600. The molecule has 1 N–H and O–H groups in total. The molecule has 118 valence electrons. The first-order valence-electron chi connectivity index (χ1n) is 7.40. The second-order valence-electron chi connectivity index (χ2n) is 5.37. The largest absolute Gasteiger partial charge is 0.495 e. The Bertz CT molecular complexity index is 587. The average Bonchev–Trinajstić information content (AvgIpc) is 2.91. The van der Waals surface area contributed by atoms with Gasteiger partial charge >= 0.3 is 0 Å². The normalized spacial score (nSPS) is 19.9. The van der Waals surface area contributed by atoms with Crippen LogP contribution >= 0.6 is 0 Å². The molecule has 1 aromatic rings. The molecule has 0 bridgehead atoms. The molecule has 1 heterocycles. The van der Waals surface area contributed by atoms with Gasteiger partial charge in [0.25, 0.3) is 0 Å². The van der Waals surface area contributed by atoms with Gasteiger partial charge in [0.2, 0.25) is 10.0 Å². The lowest BCUT2D eigenvalue weighted by Gasteiger charge is -2.22. The van der Waals surface area contributed by atoms with E-state index in [0.717, 1.165) is 24.9 Å². The van der Waals surface area contributed by atoms with Crippen molar-refractivity contribution in [2.75, 3.05) is 20.2 Å². The molecule has 2 rings (SSSR count). The number of nitrogens with zero attached hydrogens (tertiary/aromatic N) is 1. The van der Waals surface area contributed by atoms with Gasteiger partial charge in [-0.3, -0.25) is 0 Å². The molecule has 1 aliphatic rings. The lowest BCUT2D eigenvalue weighted by Crippen LogP contribution is -2.34. The first kappa shape index (κ1) is 16.3. The van der Waals surface area contributed by atoms with Gasteiger partial charge in [-0.15, -0.1) is 0 Å². The van der Waals surface area contributed by atoms with Gasteiger partial charge in [-0.25, -0.2) is 8.42 Å². The van der Waals surface area contributed by atoms with Crippen LogP contribution in [0.5, 0.6) is 5.75 Å². The van der Waals surface area contributed by atoms with Crippen molar-refractivity contribution in [3.8, 4) is 5.75 Å². The number of nitrogens with one attached hydrogen (secondary N) is 1. The molecule has 5 nitrogen and oxygen atoms in total. The zero-order chi connectivity index (χ0) is 15.5. The van der Waals surface area contributed by atoms with E-state index in [4.69, 9.17) is 4.74 Å². The lowest BCUT2D eigenvalue weighted by atomic mass is 10.2. The minimum absolute atomic E-state index is 0.0529. The first-order valence-corrected chi connectivity index (χ1v) is 8.84. The van der Waals surface area contributed by atoms with Crippen molar-refractivity contribution in [3.05, 3.63) is 23.8 Å². The van der Waals surface area contributed by atoms with Crippen LogP contribution in [0.4, 0.5) is 0 Å². The summed E-state index contributed by atoms with van der Waals surface area (Å²) in [5.74, 6) is 0.411. The van der Waals surface area contributed by atoms with Crippen LogP contribution in [-0.2, 0) is 16.6 Å². The van der Waals surface area contributed by atoms with E-state index in [1.807, 2.05) is 19.9 Å². The van der Waals surface area contributed by atoms with E-state index in [0.29, 0.717) is 18.8 Å². The molecule has 0 radical (unpaired) electrons. The maximum atomic E-state index is 12.9. The summed E-state index contributed by atoms with van der Waals surface area (Å²) in [6, 6.07) is 5.41. The van der Waals surface area contributed by atoms with Crippen molar-refractivity contribution < 1.29 is 13.2 Å². The Hall–Kier alpha value is -1.11. The number of sulfonamides is 1. The molecule has 1 aromatic carbocycles. The van der Waals surface area contributed by atoms with Gasteiger partial charge in [-0.1, -0.05) is 13.0 Å². The fourth-order valence-corrected chi connectivity index (χ4v) is 4.60. The molecule has 1 fully saturated rings. The van der Waals surface area contributed by atoms with E-state index in [1.54, 1.807) is 16.4 Å². The summed E-state index contributed by atoms with van der Waals surface area (Å²) < 4.78 is 32.6. The van der Waals surface area contributed by atoms with Crippen molar-refractivity contribution >= 4 is 10.0 Å². The number of ether oxygens (including phenoxy) is 1. The van der Waals surface area contributed by atoms with Crippen LogP contribution < -0.4 is 10.1 Å². The SMILES string of the molecule is CCNCc1ccc(OC)c(S(=O)(=O)N2CCCC2C)c1. The number of rotatable bonds is 6. The Morgan fingerprint density at radius 3 is 2.76 bits per heavy atom. The number of hydrogen-bond donors (Lipinski definition) is 1. The Morgan fingerprint density at radius 1 is 1.43 bits per heavy atom. The van der Waals surface area contributed by atoms with Gasteiger partial charge < -0.3 is 10.1 Å². The van der Waals surface area contributed by atoms with Gasteiger partial charge in [0.15, 0.2) is 0 Å². The number of hydrogen-bond acceptors (Lipinski definition) is 4. The molecule has 1 atom stereocenters. The third-order valence-electron chi connectivity index (χ3n) is 3.89. The molecule has 0 aromatic heterocycles. The molecular weight excluding hydrogens is 288 g/mol. The van der Waals surface area contributed by atoms with E-state index in [1.165, 1.54) is 7.11 Å². The molecule has 0 saturated carbocycles. The highest BCUT2D eigenvalue weighted by Crippen LogP contribution is 2.32. The maximum absolute atomic E-state index is 12.9. The highest BCUT2D eigenvalue weighted by molar-refractivity contribution is 7.89. The molecule has 1 unspecified atom stereocenters. The molecule has 21 heavy (non-hydrogen) atoms. The zero-order valence-electron chi connectivity index (χ0n) is 12.9. The summed E-state index contributed by atoms with van der Waals surface area (Å²) in [5.41, 5.74) is 0.947. The predicted molar refractivity (Wildman–Crippen MR) is 83.0 cm³/mol. The second kappa shape index (κ2) is 6.77. The molecular formula is C15H24N2O3S. The van der Waals surface area contributed by atoms with E-state index >= 15 is 0 Å². The third kappa shape index (κ3) is 3.39. The molecule has 0 spiro atoms. The van der Waals surface area contributed by atoms with E-state index < -0.39 is 10.0 Å². The summed E-state index contributed by atoms with van der Waals surface area (Å²) in [7, 11) is -1.99. The van der Waals surface area contributed by atoms with Crippen LogP contribution in [0, 0.1) is 0 Å². The van der Waals surface area contributed by atoms with Gasteiger partial charge in [0.05, 0.1) is 7.11 Å². The van der Waals surface area contributed by atoms with Crippen LogP contribution in [0.15, 0.2) is 23.1 Å². The fourth-order valence-electron chi connectivity index (χ4n) is 2.69. The molecule has 0 amide bonds. The van der Waals surface area contributed by atoms with Crippen molar-refractivity contribution in [2.24, 2.45) is 0 Å². The monoisotopic (exact) mass is 312 g/mol. The Kier molecular flexibility index (Phi) is 5.24. The molecule has 6 heteroatoms. The van der Waals surface area contributed by atoms with Gasteiger partial charge in [-0.05, 0) is 44.0 Å². The Morgan fingerprint density at radius 2 is 2.19 bits per heavy atom. The third-order valence-corrected chi connectivity index (χ3v) is 5.92. The van der Waals surface area contributed by atoms with Gasteiger partial charge in [0, 0.05) is 19.1 Å². The van der Waals surface area contributed by atoms with Gasteiger partial charge in [-0.2, -0.15) is 4.31 Å². The standard InChI is InChI=1S/C15H24N2O3S/c1-4-16-11-13-7-8-14(20-3)15(10-13)21(18,19)17-9-5-6-12(17)2/h7-8,10,12,16H,4-6,9,11H2,1-3H3. The molecule has 1 saturated heterocycles. The summed E-state index contributed by atoms with van der Waals surface area (Å²) in [6.45, 7) is 6.06. The topological polar surface area (TPSA) is 58.6 Å². The van der Waals surface area contributed by atoms with Crippen LogP contribution in [0.3, 0.4) is 0 Å². The summed E-state index contributed by atoms with van der Waals surface area (Å²) in [4.78, 5) is 0.272. The minimum atomic E-state index is -3.50. The quantitative estimate of drug-likeness (QED) is 0.872. The van der Waals surface area contributed by atoms with Gasteiger partial charge in [0.1, 0.15) is 10.6 Å². The second-order valence-corrected chi connectivity index (χ2v) is 7.23. The number of benzene rings is 1. The van der Waals surface area contributed by atoms with Crippen LogP contribution in [0.1, 0.15) is 32.3 Å². The van der Waals surface area contributed by atoms with Crippen LogP contribution in [-0.4, -0.2) is 39.0 Å². The smallest absolute Gasteiger partial charge is 0.247 e. The molecule has 1 aliphatic heterocycles. The summed E-state index contributed by atoms with van der Waals surface area (Å²) in [6.07, 6.45) is 1.83. The summed E-state index contributed by atoms with van der Waals surface area (Å²) >= 11 is 0. The average molecular weight is 312 g/mol. The van der Waals surface area contributed by atoms with E-state index in [-0.39, 0.29) is 10.9 Å². The van der Waals surface area contributed by atoms with Crippen LogP contribution in [0.25, 0.3) is 0 Å². The lowest BCUT2D eigenvalue weighted by molar-refractivity contribution is 0.386. The highest BCUT2D eigenvalue weighted by atomic mass is 32.2. The van der Waals surface area contributed by atoms with Crippen molar-refractivity contribution in [2.45, 2.75) is 44.2 Å². The Labute approximate surface area is 127 Å². The van der Waals surface area contributed by atoms with Crippen molar-refractivity contribution in [1.82, 2.24) is 9.62 Å². The van der Waals surface area contributed by atoms with Crippen molar-refractivity contribution in [1.29, 1.82) is 0 Å². The first-order chi connectivity index (χ1) is 10.0. The van der Waals surface area contributed by atoms with E-state index in [2.05, 4.69) is 5.32 Å². The minimum Gasteiger partial charge on any atom is -0.495 e. The predicted octanol–water partition coefficient (Wildman–Crippen LogP) is 1.98.